The van der Waals surface area contributed by atoms with Crippen molar-refractivity contribution < 1.29 is 14.3 Å². The first-order chi connectivity index (χ1) is 13.1. The highest BCUT2D eigenvalue weighted by Gasteiger charge is 2.43. The van der Waals surface area contributed by atoms with Crippen molar-refractivity contribution in [2.75, 3.05) is 18.6 Å². The lowest BCUT2D eigenvalue weighted by molar-refractivity contribution is -0.123. The minimum Gasteiger partial charge on any atom is -0.497 e. The molecule has 5 heteroatoms. The molecule has 0 N–H and O–H groups in total. The van der Waals surface area contributed by atoms with Crippen LogP contribution < -0.4 is 14.4 Å². The molecule has 2 heterocycles. The Morgan fingerprint density at radius 2 is 1.89 bits per heavy atom. The zero-order valence-electron chi connectivity index (χ0n) is 16.1. The Morgan fingerprint density at radius 3 is 2.59 bits per heavy atom. The van der Waals surface area contributed by atoms with Crippen LogP contribution >= 0.6 is 0 Å². The molecule has 0 saturated carbocycles. The Bertz CT molecular complexity index is 819. The Kier molecular flexibility index (Phi) is 4.79. The standard InChI is InChI=1S/C22H26N2O3/c1-15(2)23-14-18-12-20(23)22(25)24(19-6-4-5-7-21(19)27-18)13-16-8-10-17(26-3)11-9-16/h4-11,15,18,20H,12-14H2,1-3H3. The smallest absolute Gasteiger partial charge is 0.244 e. The van der Waals surface area contributed by atoms with E-state index in [0.29, 0.717) is 12.6 Å². The molecule has 1 amide bonds. The lowest BCUT2D eigenvalue weighted by atomic mass is 10.1. The topological polar surface area (TPSA) is 42.0 Å². The molecule has 27 heavy (non-hydrogen) atoms. The summed E-state index contributed by atoms with van der Waals surface area (Å²) in [6.07, 6.45) is 0.801. The zero-order chi connectivity index (χ0) is 19.0. The number of hydrogen-bond acceptors (Lipinski definition) is 4. The van der Waals surface area contributed by atoms with E-state index in [2.05, 4.69) is 18.7 Å². The van der Waals surface area contributed by atoms with Gasteiger partial charge in [-0.2, -0.15) is 0 Å². The number of amides is 1. The number of hydrogen-bond donors (Lipinski definition) is 0. The second-order valence-corrected chi connectivity index (χ2v) is 7.52. The number of carbonyl (C=O) groups is 1. The number of nitrogens with zero attached hydrogens (tertiary/aromatic N) is 2. The second kappa shape index (κ2) is 7.24. The van der Waals surface area contributed by atoms with Crippen molar-refractivity contribution in [1.82, 2.24) is 4.90 Å². The fourth-order valence-corrected chi connectivity index (χ4v) is 4.05. The van der Waals surface area contributed by atoms with Gasteiger partial charge in [0.1, 0.15) is 17.6 Å². The Labute approximate surface area is 160 Å². The molecule has 0 radical (unpaired) electrons. The summed E-state index contributed by atoms with van der Waals surface area (Å²) >= 11 is 0. The van der Waals surface area contributed by atoms with Crippen LogP contribution in [0.1, 0.15) is 25.8 Å². The number of benzene rings is 2. The first kappa shape index (κ1) is 17.9. The van der Waals surface area contributed by atoms with E-state index in [1.54, 1.807) is 7.11 Å². The van der Waals surface area contributed by atoms with Crippen molar-refractivity contribution in [2.24, 2.45) is 0 Å². The van der Waals surface area contributed by atoms with Crippen LogP contribution in [0.2, 0.25) is 0 Å². The quantitative estimate of drug-likeness (QED) is 0.831. The number of para-hydroxylation sites is 2. The van der Waals surface area contributed by atoms with E-state index >= 15 is 0 Å². The molecule has 1 saturated heterocycles. The van der Waals surface area contributed by atoms with Gasteiger partial charge in [0.05, 0.1) is 25.4 Å². The molecule has 2 aliphatic heterocycles. The highest BCUT2D eigenvalue weighted by Crippen LogP contribution is 2.37. The number of anilines is 1. The lowest BCUT2D eigenvalue weighted by Gasteiger charge is -2.33. The molecule has 0 spiro atoms. The van der Waals surface area contributed by atoms with Crippen molar-refractivity contribution in [3.63, 3.8) is 0 Å². The first-order valence-corrected chi connectivity index (χ1v) is 9.52. The van der Waals surface area contributed by atoms with Crippen molar-refractivity contribution in [3.8, 4) is 11.5 Å². The summed E-state index contributed by atoms with van der Waals surface area (Å²) in [4.78, 5) is 17.7. The number of carbonyl (C=O) groups excluding carboxylic acids is 1. The molecule has 1 fully saturated rings. The number of methoxy groups -OCH3 is 1. The van der Waals surface area contributed by atoms with Crippen LogP contribution in [0.4, 0.5) is 5.69 Å². The third kappa shape index (κ3) is 3.39. The minimum absolute atomic E-state index is 0.0608. The van der Waals surface area contributed by atoms with Gasteiger partial charge in [-0.3, -0.25) is 9.69 Å². The third-order valence-electron chi connectivity index (χ3n) is 5.46. The molecule has 2 bridgehead atoms. The monoisotopic (exact) mass is 366 g/mol. The number of rotatable bonds is 4. The van der Waals surface area contributed by atoms with Gasteiger partial charge in [-0.05, 0) is 43.7 Å². The Hall–Kier alpha value is -2.53. The van der Waals surface area contributed by atoms with Gasteiger partial charge in [0.25, 0.3) is 0 Å². The molecule has 0 aliphatic carbocycles. The van der Waals surface area contributed by atoms with Gasteiger partial charge in [0, 0.05) is 19.0 Å². The normalized spacial score (nSPS) is 22.2. The van der Waals surface area contributed by atoms with E-state index < -0.39 is 0 Å². The molecule has 2 aromatic carbocycles. The predicted octanol–water partition coefficient (Wildman–Crippen LogP) is 3.47. The minimum atomic E-state index is -0.137. The largest absolute Gasteiger partial charge is 0.497 e. The van der Waals surface area contributed by atoms with Crippen LogP contribution in [0.15, 0.2) is 48.5 Å². The van der Waals surface area contributed by atoms with Crippen LogP contribution in [0, 0.1) is 0 Å². The van der Waals surface area contributed by atoms with Crippen molar-refractivity contribution in [1.29, 1.82) is 0 Å². The van der Waals surface area contributed by atoms with Gasteiger partial charge in [-0.1, -0.05) is 24.3 Å². The van der Waals surface area contributed by atoms with Gasteiger partial charge in [0.2, 0.25) is 5.91 Å². The zero-order valence-corrected chi connectivity index (χ0v) is 16.1. The summed E-state index contributed by atoms with van der Waals surface area (Å²) in [5.74, 6) is 1.75. The second-order valence-electron chi connectivity index (χ2n) is 7.52. The number of fused-ring (bicyclic) bond motifs is 3. The Balaban J connectivity index is 1.71. The fraction of sp³-hybridized carbons (Fsp3) is 0.409. The van der Waals surface area contributed by atoms with E-state index in [-0.39, 0.29) is 18.1 Å². The summed E-state index contributed by atoms with van der Waals surface area (Å²) < 4.78 is 11.6. The first-order valence-electron chi connectivity index (χ1n) is 9.52. The molecule has 2 aromatic rings. The van der Waals surface area contributed by atoms with Crippen molar-refractivity contribution in [3.05, 3.63) is 54.1 Å². The maximum Gasteiger partial charge on any atom is 0.244 e. The molecule has 4 rings (SSSR count). The summed E-state index contributed by atoms with van der Waals surface area (Å²) in [5, 5.41) is 0. The predicted molar refractivity (Wildman–Crippen MR) is 105 cm³/mol. The van der Waals surface area contributed by atoms with Gasteiger partial charge >= 0.3 is 0 Å². The molecule has 2 atom stereocenters. The van der Waals surface area contributed by atoms with Crippen molar-refractivity contribution >= 4 is 11.6 Å². The number of ether oxygens (including phenoxy) is 2. The molecule has 0 aromatic heterocycles. The van der Waals surface area contributed by atoms with E-state index in [1.165, 1.54) is 0 Å². The maximum atomic E-state index is 13.6. The fourth-order valence-electron chi connectivity index (χ4n) is 4.05. The highest BCUT2D eigenvalue weighted by molar-refractivity contribution is 5.99. The summed E-state index contributed by atoms with van der Waals surface area (Å²) in [6, 6.07) is 15.9. The molecule has 5 nitrogen and oxygen atoms in total. The molecule has 2 aliphatic rings. The van der Waals surface area contributed by atoms with Gasteiger partial charge in [0.15, 0.2) is 0 Å². The van der Waals surface area contributed by atoms with E-state index in [1.807, 2.05) is 53.4 Å². The molecule has 142 valence electrons. The summed E-state index contributed by atoms with van der Waals surface area (Å²) in [5.41, 5.74) is 1.91. The third-order valence-corrected chi connectivity index (χ3v) is 5.46. The average Bonchev–Trinajstić information content (AvgIpc) is 3.11. The maximum absolute atomic E-state index is 13.6. The van der Waals surface area contributed by atoms with Crippen LogP contribution in [0.25, 0.3) is 0 Å². The van der Waals surface area contributed by atoms with Crippen LogP contribution in [0.5, 0.6) is 11.5 Å². The van der Waals surface area contributed by atoms with Crippen LogP contribution in [0.3, 0.4) is 0 Å². The van der Waals surface area contributed by atoms with Gasteiger partial charge in [-0.15, -0.1) is 0 Å². The van der Waals surface area contributed by atoms with E-state index in [0.717, 1.165) is 35.7 Å². The van der Waals surface area contributed by atoms with E-state index in [4.69, 9.17) is 9.47 Å². The molecule has 2 unspecified atom stereocenters. The summed E-state index contributed by atoms with van der Waals surface area (Å²) in [6.45, 7) is 5.58. The van der Waals surface area contributed by atoms with Gasteiger partial charge in [-0.25, -0.2) is 0 Å². The van der Waals surface area contributed by atoms with Crippen molar-refractivity contribution in [2.45, 2.75) is 45.0 Å². The highest BCUT2D eigenvalue weighted by atomic mass is 16.5. The molecular weight excluding hydrogens is 340 g/mol. The SMILES string of the molecule is COc1ccc(CN2C(=O)C3CC(CN3C(C)C)Oc3ccccc32)cc1. The van der Waals surface area contributed by atoms with Gasteiger partial charge < -0.3 is 14.4 Å². The lowest BCUT2D eigenvalue weighted by Crippen LogP contribution is -2.48. The average molecular weight is 366 g/mol. The molecular formula is C22H26N2O3. The van der Waals surface area contributed by atoms with E-state index in [9.17, 15) is 4.79 Å². The van der Waals surface area contributed by atoms with Crippen LogP contribution in [-0.4, -0.2) is 42.6 Å². The Morgan fingerprint density at radius 1 is 1.15 bits per heavy atom. The van der Waals surface area contributed by atoms with Crippen LogP contribution in [-0.2, 0) is 11.3 Å². The summed E-state index contributed by atoms with van der Waals surface area (Å²) in [7, 11) is 1.65. The number of likely N-dealkylation sites (tertiary alicyclic amines) is 1.